The van der Waals surface area contributed by atoms with Gasteiger partial charge in [0.2, 0.25) is 5.88 Å². The topological polar surface area (TPSA) is 74.8 Å². The number of rotatable bonds is 5. The van der Waals surface area contributed by atoms with E-state index >= 15 is 0 Å². The molecule has 0 saturated carbocycles. The Bertz CT molecular complexity index is 1200. The third-order valence-corrected chi connectivity index (χ3v) is 4.69. The number of aromatic nitrogens is 5. The van der Waals surface area contributed by atoms with E-state index in [4.69, 9.17) is 32.9 Å². The first kappa shape index (κ1) is 18.5. The molecule has 0 saturated heterocycles. The van der Waals surface area contributed by atoms with Crippen molar-refractivity contribution in [2.24, 2.45) is 0 Å². The second kappa shape index (κ2) is 7.61. The first-order valence-electron chi connectivity index (χ1n) is 8.44. The Kier molecular flexibility index (Phi) is 5.02. The van der Waals surface area contributed by atoms with Crippen molar-refractivity contribution in [3.05, 3.63) is 64.2 Å². The average Bonchev–Trinajstić information content (AvgIpc) is 3.15. The molecule has 0 aliphatic heterocycles. The Labute approximate surface area is 170 Å². The summed E-state index contributed by atoms with van der Waals surface area (Å²) in [7, 11) is 1.52. The number of benzene rings is 1. The van der Waals surface area contributed by atoms with Gasteiger partial charge in [0.05, 0.1) is 24.6 Å². The fourth-order valence-corrected chi connectivity index (χ4v) is 3.29. The molecular weight excluding hydrogens is 401 g/mol. The number of halogens is 2. The van der Waals surface area contributed by atoms with Gasteiger partial charge in [-0.05, 0) is 36.4 Å². The van der Waals surface area contributed by atoms with Crippen LogP contribution in [0.15, 0.2) is 53.6 Å². The summed E-state index contributed by atoms with van der Waals surface area (Å²) in [5.74, 6) is 1.04. The quantitative estimate of drug-likeness (QED) is 0.466. The van der Waals surface area contributed by atoms with Gasteiger partial charge >= 0.3 is 0 Å². The molecule has 7 nitrogen and oxygen atoms in total. The number of nitrogens with zero attached hydrogens (tertiary/aromatic N) is 5. The molecule has 0 atom stereocenters. The van der Waals surface area contributed by atoms with E-state index in [9.17, 15) is 4.79 Å². The summed E-state index contributed by atoms with van der Waals surface area (Å²) in [6.45, 7) is 0.294. The molecule has 3 heterocycles. The summed E-state index contributed by atoms with van der Waals surface area (Å²) in [4.78, 5) is 22.1. The van der Waals surface area contributed by atoms with Crippen LogP contribution in [0, 0.1) is 0 Å². The molecule has 0 spiro atoms. The molecule has 9 heteroatoms. The number of hydrogen-bond donors (Lipinski definition) is 0. The number of methoxy groups -OCH3 is 1. The minimum atomic E-state index is -0.230. The summed E-state index contributed by atoms with van der Waals surface area (Å²) >= 11 is 11.9. The molecule has 4 aromatic rings. The molecule has 0 radical (unpaired) electrons. The predicted octanol–water partition coefficient (Wildman–Crippen LogP) is 3.55. The fraction of sp³-hybridized carbons (Fsp3) is 0.158. The Balaban J connectivity index is 2.03. The zero-order valence-electron chi connectivity index (χ0n) is 14.8. The van der Waals surface area contributed by atoms with Crippen molar-refractivity contribution in [3.8, 4) is 23.0 Å². The van der Waals surface area contributed by atoms with Crippen LogP contribution < -0.4 is 10.3 Å². The highest BCUT2D eigenvalue weighted by Gasteiger charge is 2.19. The fourth-order valence-electron chi connectivity index (χ4n) is 3.00. The third-order valence-electron chi connectivity index (χ3n) is 4.27. The van der Waals surface area contributed by atoms with Gasteiger partial charge in [-0.3, -0.25) is 9.36 Å². The maximum absolute atomic E-state index is 13.1. The van der Waals surface area contributed by atoms with E-state index in [0.717, 1.165) is 5.69 Å². The maximum atomic E-state index is 13.1. The molecule has 0 fully saturated rings. The Morgan fingerprint density at radius 3 is 2.68 bits per heavy atom. The Morgan fingerprint density at radius 1 is 1.18 bits per heavy atom. The second-order valence-corrected chi connectivity index (χ2v) is 6.73. The third kappa shape index (κ3) is 3.12. The molecule has 0 bridgehead atoms. The summed E-state index contributed by atoms with van der Waals surface area (Å²) in [5.41, 5.74) is 1.54. The highest BCUT2D eigenvalue weighted by Crippen LogP contribution is 2.27. The van der Waals surface area contributed by atoms with Crippen LogP contribution in [0.25, 0.3) is 28.1 Å². The van der Waals surface area contributed by atoms with Crippen molar-refractivity contribution in [2.45, 2.75) is 6.54 Å². The molecule has 0 aliphatic rings. The van der Waals surface area contributed by atoms with Crippen molar-refractivity contribution in [2.75, 3.05) is 13.0 Å². The lowest BCUT2D eigenvalue weighted by Gasteiger charge is -2.13. The van der Waals surface area contributed by atoms with E-state index in [1.807, 2.05) is 12.1 Å². The van der Waals surface area contributed by atoms with E-state index in [2.05, 4.69) is 10.1 Å². The van der Waals surface area contributed by atoms with Crippen LogP contribution in [0.1, 0.15) is 0 Å². The predicted molar refractivity (Wildman–Crippen MR) is 109 cm³/mol. The van der Waals surface area contributed by atoms with E-state index in [1.54, 1.807) is 35.1 Å². The van der Waals surface area contributed by atoms with Gasteiger partial charge in [0.15, 0.2) is 11.5 Å². The van der Waals surface area contributed by atoms with Crippen LogP contribution in [-0.2, 0) is 6.54 Å². The van der Waals surface area contributed by atoms with Crippen LogP contribution in [0.5, 0.6) is 5.88 Å². The smallest absolute Gasteiger partial charge is 0.264 e. The Morgan fingerprint density at radius 2 is 1.96 bits per heavy atom. The molecule has 28 heavy (non-hydrogen) atoms. The van der Waals surface area contributed by atoms with Crippen molar-refractivity contribution in [1.29, 1.82) is 0 Å². The number of ether oxygens (including phenoxy) is 1. The summed E-state index contributed by atoms with van der Waals surface area (Å²) in [6, 6.07) is 10.7. The van der Waals surface area contributed by atoms with Gasteiger partial charge in [-0.15, -0.1) is 11.6 Å². The SMILES string of the molecule is COc1ncccc1-c1nc2c(cnn2-c2ccc(Cl)cc2)c(=O)n1CCCl. The van der Waals surface area contributed by atoms with Gasteiger partial charge in [0, 0.05) is 23.6 Å². The van der Waals surface area contributed by atoms with E-state index in [0.29, 0.717) is 39.9 Å². The summed E-state index contributed by atoms with van der Waals surface area (Å²) in [5, 5.41) is 5.36. The zero-order valence-corrected chi connectivity index (χ0v) is 16.4. The molecule has 0 aliphatic carbocycles. The molecule has 1 aromatic carbocycles. The molecule has 0 amide bonds. The highest BCUT2D eigenvalue weighted by atomic mass is 35.5. The van der Waals surface area contributed by atoms with E-state index in [1.165, 1.54) is 17.9 Å². The molecular formula is C19H15Cl2N5O2. The van der Waals surface area contributed by atoms with Crippen LogP contribution in [-0.4, -0.2) is 37.3 Å². The van der Waals surface area contributed by atoms with Gasteiger partial charge in [0.25, 0.3) is 5.56 Å². The van der Waals surface area contributed by atoms with Gasteiger partial charge in [0.1, 0.15) is 5.39 Å². The van der Waals surface area contributed by atoms with Crippen molar-refractivity contribution in [3.63, 3.8) is 0 Å². The van der Waals surface area contributed by atoms with Crippen LogP contribution in [0.2, 0.25) is 5.02 Å². The van der Waals surface area contributed by atoms with Gasteiger partial charge < -0.3 is 4.74 Å². The molecule has 0 unspecified atom stereocenters. The number of pyridine rings is 1. The van der Waals surface area contributed by atoms with Crippen molar-refractivity contribution >= 4 is 34.2 Å². The van der Waals surface area contributed by atoms with Gasteiger partial charge in [-0.25, -0.2) is 14.6 Å². The number of hydrogen-bond acceptors (Lipinski definition) is 5. The number of alkyl halides is 1. The highest BCUT2D eigenvalue weighted by molar-refractivity contribution is 6.30. The first-order chi connectivity index (χ1) is 13.6. The summed E-state index contributed by atoms with van der Waals surface area (Å²) in [6.07, 6.45) is 3.12. The Hall–Kier alpha value is -2.90. The molecule has 3 aromatic heterocycles. The lowest BCUT2D eigenvalue weighted by molar-refractivity contribution is 0.399. The van der Waals surface area contributed by atoms with Gasteiger partial charge in [-0.2, -0.15) is 5.10 Å². The minimum Gasteiger partial charge on any atom is -0.480 e. The second-order valence-electron chi connectivity index (χ2n) is 5.91. The van der Waals surface area contributed by atoms with Crippen LogP contribution >= 0.6 is 23.2 Å². The molecule has 4 rings (SSSR count). The average molecular weight is 416 g/mol. The summed E-state index contributed by atoms with van der Waals surface area (Å²) < 4.78 is 8.48. The van der Waals surface area contributed by atoms with Gasteiger partial charge in [-0.1, -0.05) is 11.6 Å². The zero-order chi connectivity index (χ0) is 19.7. The number of fused-ring (bicyclic) bond motifs is 1. The first-order valence-corrected chi connectivity index (χ1v) is 9.35. The van der Waals surface area contributed by atoms with E-state index < -0.39 is 0 Å². The van der Waals surface area contributed by atoms with E-state index in [-0.39, 0.29) is 11.4 Å². The molecule has 0 N–H and O–H groups in total. The maximum Gasteiger partial charge on any atom is 0.264 e. The monoisotopic (exact) mass is 415 g/mol. The van der Waals surface area contributed by atoms with Crippen LogP contribution in [0.4, 0.5) is 0 Å². The normalized spacial score (nSPS) is 11.1. The lowest BCUT2D eigenvalue weighted by Crippen LogP contribution is -2.24. The minimum absolute atomic E-state index is 0.230. The van der Waals surface area contributed by atoms with Crippen LogP contribution in [0.3, 0.4) is 0 Å². The van der Waals surface area contributed by atoms with Crippen molar-refractivity contribution < 1.29 is 4.74 Å². The largest absolute Gasteiger partial charge is 0.480 e. The van der Waals surface area contributed by atoms with Crippen molar-refractivity contribution in [1.82, 2.24) is 24.3 Å². The molecule has 142 valence electrons. The standard InChI is InChI=1S/C19H15Cl2N5O2/c1-28-18-14(3-2-9-22-18)16-24-17-15(19(27)25(16)10-8-20)11-23-26(17)13-6-4-12(21)5-7-13/h2-7,9,11H,8,10H2,1H3. The lowest BCUT2D eigenvalue weighted by atomic mass is 10.2.